The van der Waals surface area contributed by atoms with Crippen molar-refractivity contribution in [2.75, 3.05) is 38.5 Å². The van der Waals surface area contributed by atoms with Gasteiger partial charge in [0, 0.05) is 18.9 Å². The molecule has 3 aliphatic heterocycles. The van der Waals surface area contributed by atoms with E-state index in [2.05, 4.69) is 5.32 Å². The van der Waals surface area contributed by atoms with Crippen molar-refractivity contribution in [2.24, 2.45) is 5.92 Å². The van der Waals surface area contributed by atoms with E-state index in [0.29, 0.717) is 33.9 Å². The van der Waals surface area contributed by atoms with E-state index >= 15 is 0 Å². The van der Waals surface area contributed by atoms with Crippen LogP contribution in [0.5, 0.6) is 5.75 Å². The molecule has 0 aromatic heterocycles. The molecular weight excluding hydrogens is 337 g/mol. The molecule has 126 valence electrons. The minimum absolute atomic E-state index is 0.143. The molecule has 5 nitrogen and oxygen atoms in total. The van der Waals surface area contributed by atoms with E-state index < -0.39 is 0 Å². The summed E-state index contributed by atoms with van der Waals surface area (Å²) in [4.78, 5) is 12.7. The Balaban J connectivity index is 1.79. The number of methoxy groups -OCH3 is 1. The van der Waals surface area contributed by atoms with E-state index in [0.717, 1.165) is 37.0 Å². The largest absolute Gasteiger partial charge is 0.496 e. The minimum Gasteiger partial charge on any atom is -0.496 e. The lowest BCUT2D eigenvalue weighted by molar-refractivity contribution is -0.933. The Hall–Kier alpha value is -1.17. The molecular formula is C16H22Cl2N3O2+. The van der Waals surface area contributed by atoms with E-state index in [1.54, 1.807) is 12.1 Å². The highest BCUT2D eigenvalue weighted by atomic mass is 35.5. The first kappa shape index (κ1) is 16.7. The SMILES string of the molecule is COc1cc(N)c(Cl)cc1C(=O)N[C@H]1C[N+]2(CCl)CCC1CC2. The predicted octanol–water partition coefficient (Wildman–Crippen LogP) is 2.47. The zero-order valence-corrected chi connectivity index (χ0v) is 14.7. The number of piperidine rings is 3. The summed E-state index contributed by atoms with van der Waals surface area (Å²) in [6.45, 7) is 3.11. The molecule has 3 saturated heterocycles. The van der Waals surface area contributed by atoms with Crippen molar-refractivity contribution >= 4 is 34.8 Å². The molecule has 0 spiro atoms. The fraction of sp³-hybridized carbons (Fsp3) is 0.562. The van der Waals surface area contributed by atoms with Gasteiger partial charge >= 0.3 is 0 Å². The van der Waals surface area contributed by atoms with Gasteiger partial charge in [-0.15, -0.1) is 0 Å². The van der Waals surface area contributed by atoms with Crippen molar-refractivity contribution in [1.29, 1.82) is 0 Å². The van der Waals surface area contributed by atoms with Crippen LogP contribution >= 0.6 is 23.2 Å². The molecule has 0 saturated carbocycles. The summed E-state index contributed by atoms with van der Waals surface area (Å²) < 4.78 is 6.16. The molecule has 3 aliphatic rings. The van der Waals surface area contributed by atoms with E-state index in [9.17, 15) is 4.79 Å². The lowest BCUT2D eigenvalue weighted by Crippen LogP contribution is -2.66. The van der Waals surface area contributed by atoms with E-state index in [1.807, 2.05) is 0 Å². The van der Waals surface area contributed by atoms with Gasteiger partial charge in [0.2, 0.25) is 0 Å². The van der Waals surface area contributed by atoms with Crippen molar-refractivity contribution in [3.05, 3.63) is 22.7 Å². The molecule has 2 bridgehead atoms. The third-order valence-corrected chi connectivity index (χ3v) is 6.07. The number of carbonyl (C=O) groups is 1. The van der Waals surface area contributed by atoms with Crippen LogP contribution in [0.4, 0.5) is 5.69 Å². The van der Waals surface area contributed by atoms with Crippen LogP contribution in [0.3, 0.4) is 0 Å². The van der Waals surface area contributed by atoms with Gasteiger partial charge in [-0.05, 0) is 12.0 Å². The van der Waals surface area contributed by atoms with Crippen LogP contribution in [-0.4, -0.2) is 49.2 Å². The highest BCUT2D eigenvalue weighted by molar-refractivity contribution is 6.33. The number of anilines is 1. The van der Waals surface area contributed by atoms with Crippen LogP contribution in [0.1, 0.15) is 23.2 Å². The Morgan fingerprint density at radius 1 is 1.43 bits per heavy atom. The van der Waals surface area contributed by atoms with Crippen molar-refractivity contribution in [3.63, 3.8) is 0 Å². The first-order chi connectivity index (χ1) is 11.0. The number of alkyl halides is 1. The van der Waals surface area contributed by atoms with Gasteiger partial charge in [0.15, 0.2) is 6.00 Å². The number of carbonyl (C=O) groups excluding carboxylic acids is 1. The Kier molecular flexibility index (Phi) is 4.63. The lowest BCUT2D eigenvalue weighted by Gasteiger charge is -2.51. The third kappa shape index (κ3) is 3.10. The molecule has 1 amide bonds. The van der Waals surface area contributed by atoms with Gasteiger partial charge in [0.25, 0.3) is 5.91 Å². The van der Waals surface area contributed by atoms with Crippen LogP contribution in [0.15, 0.2) is 12.1 Å². The summed E-state index contributed by atoms with van der Waals surface area (Å²) in [6, 6.07) is 3.90. The molecule has 3 heterocycles. The fourth-order valence-corrected chi connectivity index (χ4v) is 4.28. The zero-order chi connectivity index (χ0) is 16.6. The second-order valence-electron chi connectivity index (χ2n) is 6.58. The summed E-state index contributed by atoms with van der Waals surface area (Å²) in [5.41, 5.74) is 6.59. The molecule has 1 atom stereocenters. The fourth-order valence-electron chi connectivity index (χ4n) is 3.78. The average molecular weight is 359 g/mol. The minimum atomic E-state index is -0.171. The number of halogens is 2. The zero-order valence-electron chi connectivity index (χ0n) is 13.1. The molecule has 1 aromatic rings. The first-order valence-electron chi connectivity index (χ1n) is 7.83. The van der Waals surface area contributed by atoms with Crippen LogP contribution < -0.4 is 15.8 Å². The standard InChI is InChI=1S/C16H21Cl2N3O2/c1-23-15-7-13(19)12(18)6-11(15)16(22)20-14-8-21(9-17)4-2-10(14)3-5-21/h6-7,10,14H,2-5,8-9H2,1H3,(H2-,19,20,22)/p+1/t10?,14-,21?/m0/s1. The average Bonchev–Trinajstić information content (AvgIpc) is 2.58. The maximum absolute atomic E-state index is 12.7. The second kappa shape index (κ2) is 6.38. The van der Waals surface area contributed by atoms with Crippen LogP contribution in [0.2, 0.25) is 5.02 Å². The molecule has 7 heteroatoms. The van der Waals surface area contributed by atoms with Gasteiger partial charge in [-0.3, -0.25) is 4.79 Å². The van der Waals surface area contributed by atoms with Gasteiger partial charge in [0.1, 0.15) is 12.3 Å². The van der Waals surface area contributed by atoms with Crippen molar-refractivity contribution in [2.45, 2.75) is 18.9 Å². The highest BCUT2D eigenvalue weighted by Crippen LogP contribution is 2.35. The van der Waals surface area contributed by atoms with Crippen molar-refractivity contribution in [3.8, 4) is 5.75 Å². The molecule has 3 fully saturated rings. The monoisotopic (exact) mass is 358 g/mol. The number of nitrogens with two attached hydrogens (primary N) is 1. The molecule has 23 heavy (non-hydrogen) atoms. The molecule has 3 N–H and O–H groups in total. The number of amides is 1. The number of quaternary nitrogens is 1. The number of hydrogen-bond acceptors (Lipinski definition) is 3. The van der Waals surface area contributed by atoms with Crippen LogP contribution in [0, 0.1) is 5.92 Å². The topological polar surface area (TPSA) is 64.3 Å². The summed E-state index contributed by atoms with van der Waals surface area (Å²) in [5.74, 6) is 0.791. The van der Waals surface area contributed by atoms with E-state index in [4.69, 9.17) is 33.7 Å². The normalized spacial score (nSPS) is 29.3. The molecule has 0 radical (unpaired) electrons. The molecule has 1 aromatic carbocycles. The van der Waals surface area contributed by atoms with Crippen molar-refractivity contribution < 1.29 is 14.0 Å². The van der Waals surface area contributed by atoms with Crippen LogP contribution in [-0.2, 0) is 0 Å². The highest BCUT2D eigenvalue weighted by Gasteiger charge is 2.46. The van der Waals surface area contributed by atoms with Gasteiger partial charge in [-0.2, -0.15) is 0 Å². The molecule has 0 aliphatic carbocycles. The van der Waals surface area contributed by atoms with E-state index in [-0.39, 0.29) is 11.9 Å². The Bertz CT molecular complexity index is 616. The summed E-state index contributed by atoms with van der Waals surface area (Å²) in [6.07, 6.45) is 2.22. The van der Waals surface area contributed by atoms with Crippen LogP contribution in [0.25, 0.3) is 0 Å². The van der Waals surface area contributed by atoms with Gasteiger partial charge in [-0.1, -0.05) is 23.2 Å². The Morgan fingerprint density at radius 2 is 2.13 bits per heavy atom. The van der Waals surface area contributed by atoms with Crippen molar-refractivity contribution in [1.82, 2.24) is 5.32 Å². The lowest BCUT2D eigenvalue weighted by atomic mass is 9.82. The number of nitrogens with zero attached hydrogens (tertiary/aromatic N) is 1. The second-order valence-corrected chi connectivity index (χ2v) is 7.23. The maximum Gasteiger partial charge on any atom is 0.255 e. The van der Waals surface area contributed by atoms with E-state index in [1.165, 1.54) is 7.11 Å². The number of benzene rings is 1. The molecule has 0 unspecified atom stereocenters. The number of ether oxygens (including phenoxy) is 1. The maximum atomic E-state index is 12.7. The number of rotatable bonds is 4. The Morgan fingerprint density at radius 3 is 2.74 bits per heavy atom. The van der Waals surface area contributed by atoms with Gasteiger partial charge in [-0.25, -0.2) is 0 Å². The van der Waals surface area contributed by atoms with Gasteiger partial charge < -0.3 is 20.3 Å². The molecule has 4 rings (SSSR count). The van der Waals surface area contributed by atoms with Gasteiger partial charge in [0.05, 0.1) is 42.5 Å². The third-order valence-electron chi connectivity index (χ3n) is 5.23. The number of nitrogens with one attached hydrogen (secondary N) is 1. The number of hydrogen-bond donors (Lipinski definition) is 2. The summed E-state index contributed by atoms with van der Waals surface area (Å²) >= 11 is 12.2. The summed E-state index contributed by atoms with van der Waals surface area (Å²) in [7, 11) is 1.52. The summed E-state index contributed by atoms with van der Waals surface area (Å²) in [5, 5.41) is 3.51. The number of nitrogen functional groups attached to an aromatic ring is 1. The smallest absolute Gasteiger partial charge is 0.255 e. The Labute approximate surface area is 146 Å². The quantitative estimate of drug-likeness (QED) is 0.376. The number of fused-ring (bicyclic) bond motifs is 3. The first-order valence-corrected chi connectivity index (χ1v) is 8.74. The predicted molar refractivity (Wildman–Crippen MR) is 92.0 cm³/mol.